The van der Waals surface area contributed by atoms with E-state index in [0.717, 1.165) is 15.4 Å². The van der Waals surface area contributed by atoms with Crippen LogP contribution in [0.1, 0.15) is 39.0 Å². The molecule has 0 aliphatic carbocycles. The summed E-state index contributed by atoms with van der Waals surface area (Å²) < 4.78 is 0. The standard InChI is InChI=1S/C15H16N2O2S2/c1-10-9-12(21-11(10)5-4-7-18)13(19)17-15(2,3)14-16-6-8-20-14/h6,8-9,18H,7H2,1-3H3,(H,17,19). The van der Waals surface area contributed by atoms with Crippen LogP contribution in [0.4, 0.5) is 0 Å². The summed E-state index contributed by atoms with van der Waals surface area (Å²) in [6.45, 7) is 5.57. The molecule has 0 unspecified atom stereocenters. The van der Waals surface area contributed by atoms with Gasteiger partial charge in [0, 0.05) is 11.6 Å². The first-order valence-corrected chi connectivity index (χ1v) is 8.06. The van der Waals surface area contributed by atoms with E-state index in [1.54, 1.807) is 6.20 Å². The van der Waals surface area contributed by atoms with Crippen molar-refractivity contribution in [2.24, 2.45) is 0 Å². The third-order valence-corrected chi connectivity index (χ3v) is 5.06. The highest BCUT2D eigenvalue weighted by molar-refractivity contribution is 7.14. The minimum absolute atomic E-state index is 0.139. The van der Waals surface area contributed by atoms with E-state index in [-0.39, 0.29) is 12.5 Å². The Kier molecular flexibility index (Phi) is 4.78. The van der Waals surface area contributed by atoms with Crippen molar-refractivity contribution >= 4 is 28.6 Å². The maximum atomic E-state index is 12.4. The van der Waals surface area contributed by atoms with E-state index in [1.807, 2.05) is 32.2 Å². The van der Waals surface area contributed by atoms with Crippen molar-refractivity contribution in [3.63, 3.8) is 0 Å². The zero-order valence-electron chi connectivity index (χ0n) is 12.1. The van der Waals surface area contributed by atoms with Crippen LogP contribution in [0, 0.1) is 18.8 Å². The molecule has 0 fully saturated rings. The molecule has 0 aliphatic rings. The monoisotopic (exact) mass is 320 g/mol. The smallest absolute Gasteiger partial charge is 0.262 e. The van der Waals surface area contributed by atoms with Gasteiger partial charge in [0.1, 0.15) is 11.6 Å². The number of aryl methyl sites for hydroxylation is 1. The average molecular weight is 320 g/mol. The number of carbonyl (C=O) groups is 1. The molecule has 0 radical (unpaired) electrons. The Hall–Kier alpha value is -1.68. The van der Waals surface area contributed by atoms with Gasteiger partial charge in [-0.3, -0.25) is 4.79 Å². The first-order valence-electron chi connectivity index (χ1n) is 6.36. The lowest BCUT2D eigenvalue weighted by Crippen LogP contribution is -2.40. The van der Waals surface area contributed by atoms with Gasteiger partial charge >= 0.3 is 0 Å². The van der Waals surface area contributed by atoms with Crippen LogP contribution in [-0.2, 0) is 5.54 Å². The molecule has 2 heterocycles. The van der Waals surface area contributed by atoms with E-state index in [0.29, 0.717) is 4.88 Å². The molecule has 21 heavy (non-hydrogen) atoms. The van der Waals surface area contributed by atoms with Crippen molar-refractivity contribution in [2.45, 2.75) is 26.3 Å². The first kappa shape index (κ1) is 15.7. The fraction of sp³-hybridized carbons (Fsp3) is 0.333. The molecular formula is C15H16N2O2S2. The minimum atomic E-state index is -0.514. The average Bonchev–Trinajstić information content (AvgIpc) is 3.05. The van der Waals surface area contributed by atoms with Gasteiger partial charge < -0.3 is 10.4 Å². The molecule has 6 heteroatoms. The van der Waals surface area contributed by atoms with E-state index < -0.39 is 5.54 Å². The second kappa shape index (κ2) is 6.39. The summed E-state index contributed by atoms with van der Waals surface area (Å²) in [5.74, 6) is 5.32. The molecule has 2 aromatic heterocycles. The lowest BCUT2D eigenvalue weighted by Gasteiger charge is -2.23. The largest absolute Gasteiger partial charge is 0.384 e. The quantitative estimate of drug-likeness (QED) is 0.854. The van der Waals surface area contributed by atoms with Crippen LogP contribution in [0.25, 0.3) is 0 Å². The second-order valence-corrected chi connectivity index (χ2v) is 6.95. The second-order valence-electron chi connectivity index (χ2n) is 5.00. The third-order valence-electron chi connectivity index (χ3n) is 2.82. The number of hydrogen-bond donors (Lipinski definition) is 2. The number of carbonyl (C=O) groups excluding carboxylic acids is 1. The molecule has 2 aromatic rings. The van der Waals surface area contributed by atoms with Gasteiger partial charge in [-0.2, -0.15) is 0 Å². The van der Waals surface area contributed by atoms with Crippen LogP contribution in [0.15, 0.2) is 17.6 Å². The van der Waals surface area contributed by atoms with Gasteiger partial charge in [0.05, 0.1) is 15.3 Å². The number of aromatic nitrogens is 1. The molecule has 0 bridgehead atoms. The molecule has 1 amide bonds. The Morgan fingerprint density at radius 2 is 2.29 bits per heavy atom. The fourth-order valence-electron chi connectivity index (χ4n) is 1.77. The Labute approximate surface area is 131 Å². The number of thiophene rings is 1. The number of nitrogens with one attached hydrogen (secondary N) is 1. The number of aliphatic hydroxyl groups excluding tert-OH is 1. The van der Waals surface area contributed by atoms with Crippen LogP contribution in [0.3, 0.4) is 0 Å². The number of aliphatic hydroxyl groups is 1. The van der Waals surface area contributed by atoms with Crippen molar-refractivity contribution < 1.29 is 9.90 Å². The molecule has 110 valence electrons. The molecule has 0 aromatic carbocycles. The summed E-state index contributed by atoms with van der Waals surface area (Å²) in [5, 5.41) is 14.5. The van der Waals surface area contributed by atoms with Crippen LogP contribution in [0.2, 0.25) is 0 Å². The van der Waals surface area contributed by atoms with E-state index in [4.69, 9.17) is 5.11 Å². The Morgan fingerprint density at radius 3 is 2.90 bits per heavy atom. The Balaban J connectivity index is 2.18. The van der Waals surface area contributed by atoms with E-state index in [1.165, 1.54) is 22.7 Å². The summed E-state index contributed by atoms with van der Waals surface area (Å²) in [4.78, 5) is 18.0. The Bertz CT molecular complexity index is 691. The van der Waals surface area contributed by atoms with Gasteiger partial charge in [0.15, 0.2) is 0 Å². The normalized spacial score (nSPS) is 10.9. The van der Waals surface area contributed by atoms with Gasteiger partial charge in [-0.25, -0.2) is 4.98 Å². The first-order chi connectivity index (χ1) is 9.94. The van der Waals surface area contributed by atoms with E-state index >= 15 is 0 Å². The summed E-state index contributed by atoms with van der Waals surface area (Å²) in [6.07, 6.45) is 1.73. The van der Waals surface area contributed by atoms with Crippen molar-refractivity contribution in [1.82, 2.24) is 10.3 Å². The lowest BCUT2D eigenvalue weighted by atomic mass is 10.1. The van der Waals surface area contributed by atoms with Crippen molar-refractivity contribution in [2.75, 3.05) is 6.61 Å². The van der Waals surface area contributed by atoms with E-state index in [2.05, 4.69) is 22.1 Å². The van der Waals surface area contributed by atoms with Crippen LogP contribution in [0.5, 0.6) is 0 Å². The number of hydrogen-bond acceptors (Lipinski definition) is 5. The summed E-state index contributed by atoms with van der Waals surface area (Å²) >= 11 is 2.85. The lowest BCUT2D eigenvalue weighted by molar-refractivity contribution is 0.0916. The molecule has 0 aliphatic heterocycles. The van der Waals surface area contributed by atoms with Crippen LogP contribution in [-0.4, -0.2) is 22.6 Å². The van der Waals surface area contributed by atoms with Gasteiger partial charge in [0.2, 0.25) is 0 Å². The summed E-state index contributed by atoms with van der Waals surface area (Å²) in [6, 6.07) is 1.82. The predicted molar refractivity (Wildman–Crippen MR) is 85.6 cm³/mol. The molecular weight excluding hydrogens is 304 g/mol. The number of rotatable bonds is 3. The molecule has 0 atom stereocenters. The van der Waals surface area contributed by atoms with Gasteiger partial charge in [-0.15, -0.1) is 22.7 Å². The van der Waals surface area contributed by atoms with Crippen molar-refractivity contribution in [1.29, 1.82) is 0 Å². The minimum Gasteiger partial charge on any atom is -0.384 e. The zero-order valence-corrected chi connectivity index (χ0v) is 13.7. The fourth-order valence-corrected chi connectivity index (χ4v) is 3.43. The summed E-state index contributed by atoms with van der Waals surface area (Å²) in [7, 11) is 0. The van der Waals surface area contributed by atoms with Gasteiger partial charge in [0.25, 0.3) is 5.91 Å². The number of nitrogens with zero attached hydrogens (tertiary/aromatic N) is 1. The maximum Gasteiger partial charge on any atom is 0.262 e. The third kappa shape index (κ3) is 3.70. The number of amides is 1. The molecule has 0 spiro atoms. The molecule has 2 rings (SSSR count). The SMILES string of the molecule is Cc1cc(C(=O)NC(C)(C)c2nccs2)sc1C#CCO. The maximum absolute atomic E-state index is 12.4. The Morgan fingerprint density at radius 1 is 1.52 bits per heavy atom. The van der Waals surface area contributed by atoms with Crippen molar-refractivity contribution in [3.05, 3.63) is 38.0 Å². The summed E-state index contributed by atoms with van der Waals surface area (Å²) in [5.41, 5.74) is 0.429. The van der Waals surface area contributed by atoms with Crippen LogP contribution < -0.4 is 5.32 Å². The highest BCUT2D eigenvalue weighted by Gasteiger charge is 2.26. The topological polar surface area (TPSA) is 62.2 Å². The predicted octanol–water partition coefficient (Wildman–Crippen LogP) is 2.52. The van der Waals surface area contributed by atoms with Gasteiger partial charge in [-0.1, -0.05) is 11.8 Å². The molecule has 4 nitrogen and oxygen atoms in total. The van der Waals surface area contributed by atoms with Gasteiger partial charge in [-0.05, 0) is 32.4 Å². The van der Waals surface area contributed by atoms with Crippen LogP contribution >= 0.6 is 22.7 Å². The molecule has 0 saturated heterocycles. The van der Waals surface area contributed by atoms with E-state index in [9.17, 15) is 4.79 Å². The van der Waals surface area contributed by atoms with Crippen molar-refractivity contribution in [3.8, 4) is 11.8 Å². The highest BCUT2D eigenvalue weighted by atomic mass is 32.1. The molecule has 0 saturated carbocycles. The highest BCUT2D eigenvalue weighted by Crippen LogP contribution is 2.25. The zero-order chi connectivity index (χ0) is 15.5. The molecule has 2 N–H and O–H groups in total. The number of thiazole rings is 1.